The molecule has 2 atom stereocenters. The molecule has 1 aliphatic heterocycles. The highest BCUT2D eigenvalue weighted by Crippen LogP contribution is 2.30. The molecule has 0 N–H and O–H groups in total. The van der Waals surface area contributed by atoms with Crippen molar-refractivity contribution in [2.75, 3.05) is 4.90 Å². The SMILES string of the molecule is CC1C(=O)N(c2ccc(C=O)cc2)C(=O)C1C. The number of carbonyl (C=O) groups excluding carboxylic acids is 3. The van der Waals surface area contributed by atoms with Crippen LogP contribution in [0, 0.1) is 11.8 Å². The number of aldehydes is 1. The summed E-state index contributed by atoms with van der Waals surface area (Å²) in [7, 11) is 0. The molecule has 17 heavy (non-hydrogen) atoms. The summed E-state index contributed by atoms with van der Waals surface area (Å²) in [5, 5.41) is 0. The number of imide groups is 1. The van der Waals surface area contributed by atoms with E-state index in [1.165, 1.54) is 4.90 Å². The van der Waals surface area contributed by atoms with E-state index < -0.39 is 0 Å². The Hall–Kier alpha value is -1.97. The maximum Gasteiger partial charge on any atom is 0.237 e. The summed E-state index contributed by atoms with van der Waals surface area (Å²) < 4.78 is 0. The molecule has 0 bridgehead atoms. The lowest BCUT2D eigenvalue weighted by atomic mass is 10.00. The Balaban J connectivity index is 2.36. The molecule has 0 spiro atoms. The van der Waals surface area contributed by atoms with Gasteiger partial charge in [0.2, 0.25) is 11.8 Å². The molecule has 1 fully saturated rings. The van der Waals surface area contributed by atoms with Crippen LogP contribution in [0.3, 0.4) is 0 Å². The number of anilines is 1. The normalized spacial score (nSPS) is 24.2. The van der Waals surface area contributed by atoms with E-state index in [1.807, 2.05) is 0 Å². The molecule has 1 aromatic rings. The van der Waals surface area contributed by atoms with Gasteiger partial charge >= 0.3 is 0 Å². The van der Waals surface area contributed by atoms with Crippen LogP contribution >= 0.6 is 0 Å². The highest BCUT2D eigenvalue weighted by molar-refractivity contribution is 6.21. The summed E-state index contributed by atoms with van der Waals surface area (Å²) >= 11 is 0. The Labute approximate surface area is 99.2 Å². The van der Waals surface area contributed by atoms with Gasteiger partial charge in [-0.25, -0.2) is 0 Å². The zero-order valence-corrected chi connectivity index (χ0v) is 9.71. The number of benzene rings is 1. The third kappa shape index (κ3) is 1.75. The van der Waals surface area contributed by atoms with Crippen LogP contribution in [0.2, 0.25) is 0 Å². The standard InChI is InChI=1S/C13H13NO3/c1-8-9(2)13(17)14(12(8)16)11-5-3-10(7-15)4-6-11/h3-9H,1-2H3. The van der Waals surface area contributed by atoms with Gasteiger partial charge in [0.15, 0.2) is 0 Å². The van der Waals surface area contributed by atoms with Crippen molar-refractivity contribution in [3.8, 4) is 0 Å². The molecule has 0 aromatic heterocycles. The van der Waals surface area contributed by atoms with Crippen LogP contribution in [0.1, 0.15) is 24.2 Å². The lowest BCUT2D eigenvalue weighted by molar-refractivity contribution is -0.122. The highest BCUT2D eigenvalue weighted by atomic mass is 16.2. The highest BCUT2D eigenvalue weighted by Gasteiger charge is 2.42. The van der Waals surface area contributed by atoms with E-state index in [0.717, 1.165) is 6.29 Å². The quantitative estimate of drug-likeness (QED) is 0.574. The minimum atomic E-state index is -0.284. The van der Waals surface area contributed by atoms with Gasteiger partial charge in [-0.15, -0.1) is 0 Å². The van der Waals surface area contributed by atoms with Gasteiger partial charge < -0.3 is 0 Å². The second kappa shape index (κ2) is 4.13. The van der Waals surface area contributed by atoms with Crippen molar-refractivity contribution in [3.05, 3.63) is 29.8 Å². The van der Waals surface area contributed by atoms with E-state index in [1.54, 1.807) is 38.1 Å². The maximum atomic E-state index is 11.9. The fraction of sp³-hybridized carbons (Fsp3) is 0.308. The van der Waals surface area contributed by atoms with Gasteiger partial charge in [0.1, 0.15) is 6.29 Å². The average Bonchev–Trinajstić information content (AvgIpc) is 2.54. The number of carbonyl (C=O) groups is 3. The summed E-state index contributed by atoms with van der Waals surface area (Å²) in [6.07, 6.45) is 0.725. The zero-order valence-electron chi connectivity index (χ0n) is 9.71. The minimum Gasteiger partial charge on any atom is -0.298 e. The van der Waals surface area contributed by atoms with Crippen molar-refractivity contribution in [3.63, 3.8) is 0 Å². The Kier molecular flexibility index (Phi) is 2.79. The van der Waals surface area contributed by atoms with Crippen LogP contribution in [0.5, 0.6) is 0 Å². The monoisotopic (exact) mass is 231 g/mol. The topological polar surface area (TPSA) is 54.5 Å². The summed E-state index contributed by atoms with van der Waals surface area (Å²) in [5.74, 6) is -0.927. The van der Waals surface area contributed by atoms with E-state index in [-0.39, 0.29) is 23.7 Å². The van der Waals surface area contributed by atoms with Gasteiger partial charge in [0, 0.05) is 17.4 Å². The summed E-state index contributed by atoms with van der Waals surface area (Å²) in [4.78, 5) is 35.6. The van der Waals surface area contributed by atoms with Crippen LogP contribution in [0.4, 0.5) is 5.69 Å². The van der Waals surface area contributed by atoms with Gasteiger partial charge in [0.25, 0.3) is 0 Å². The Morgan fingerprint density at radius 3 is 1.88 bits per heavy atom. The van der Waals surface area contributed by atoms with Gasteiger partial charge in [-0.05, 0) is 24.3 Å². The Morgan fingerprint density at radius 2 is 1.47 bits per heavy atom. The lowest BCUT2D eigenvalue weighted by Crippen LogP contribution is -2.30. The Bertz CT molecular complexity index is 458. The first-order valence-corrected chi connectivity index (χ1v) is 5.49. The first kappa shape index (κ1) is 11.5. The number of hydrogen-bond acceptors (Lipinski definition) is 3. The molecule has 2 unspecified atom stereocenters. The molecule has 1 aliphatic rings. The molecule has 88 valence electrons. The second-order valence-electron chi connectivity index (χ2n) is 4.30. The van der Waals surface area contributed by atoms with Crippen molar-refractivity contribution in [2.45, 2.75) is 13.8 Å². The predicted molar refractivity (Wildman–Crippen MR) is 62.7 cm³/mol. The molecule has 0 aliphatic carbocycles. The zero-order chi connectivity index (χ0) is 12.6. The number of nitrogens with zero attached hydrogens (tertiary/aromatic N) is 1. The molecule has 2 rings (SSSR count). The smallest absolute Gasteiger partial charge is 0.237 e. The summed E-state index contributed by atoms with van der Waals surface area (Å²) in [6, 6.07) is 6.42. The number of amides is 2. The van der Waals surface area contributed by atoms with Crippen LogP contribution in [0.25, 0.3) is 0 Å². The largest absolute Gasteiger partial charge is 0.298 e. The third-order valence-electron chi connectivity index (χ3n) is 3.26. The molecular weight excluding hydrogens is 218 g/mol. The molecule has 4 nitrogen and oxygen atoms in total. The first-order valence-electron chi connectivity index (χ1n) is 5.49. The van der Waals surface area contributed by atoms with Gasteiger partial charge in [-0.2, -0.15) is 0 Å². The van der Waals surface area contributed by atoms with E-state index in [9.17, 15) is 14.4 Å². The van der Waals surface area contributed by atoms with Crippen LogP contribution < -0.4 is 4.90 Å². The van der Waals surface area contributed by atoms with Gasteiger partial charge in [0.05, 0.1) is 5.69 Å². The summed E-state index contributed by atoms with van der Waals surface area (Å²) in [6.45, 7) is 3.51. The Morgan fingerprint density at radius 1 is 1.00 bits per heavy atom. The molecular formula is C13H13NO3. The van der Waals surface area contributed by atoms with Crippen molar-refractivity contribution < 1.29 is 14.4 Å². The average molecular weight is 231 g/mol. The van der Waals surface area contributed by atoms with E-state index in [4.69, 9.17) is 0 Å². The minimum absolute atomic E-state index is 0.179. The molecule has 0 saturated carbocycles. The predicted octanol–water partition coefficient (Wildman–Crippen LogP) is 1.64. The van der Waals surface area contributed by atoms with Gasteiger partial charge in [-0.3, -0.25) is 19.3 Å². The van der Waals surface area contributed by atoms with Crippen molar-refractivity contribution in [2.24, 2.45) is 11.8 Å². The van der Waals surface area contributed by atoms with Crippen LogP contribution in [0.15, 0.2) is 24.3 Å². The molecule has 1 aromatic carbocycles. The molecule has 1 saturated heterocycles. The van der Waals surface area contributed by atoms with E-state index in [0.29, 0.717) is 11.3 Å². The third-order valence-corrected chi connectivity index (χ3v) is 3.26. The van der Waals surface area contributed by atoms with E-state index >= 15 is 0 Å². The second-order valence-corrected chi connectivity index (χ2v) is 4.30. The fourth-order valence-corrected chi connectivity index (χ4v) is 1.90. The van der Waals surface area contributed by atoms with Gasteiger partial charge in [-0.1, -0.05) is 13.8 Å². The molecule has 2 amide bonds. The number of hydrogen-bond donors (Lipinski definition) is 0. The fourth-order valence-electron chi connectivity index (χ4n) is 1.90. The summed E-state index contributed by atoms with van der Waals surface area (Å²) in [5.41, 5.74) is 1.05. The van der Waals surface area contributed by atoms with Crippen LogP contribution in [-0.2, 0) is 9.59 Å². The van der Waals surface area contributed by atoms with Crippen molar-refractivity contribution in [1.82, 2.24) is 0 Å². The van der Waals surface area contributed by atoms with E-state index in [2.05, 4.69) is 0 Å². The molecule has 1 heterocycles. The lowest BCUT2D eigenvalue weighted by Gasteiger charge is -2.14. The molecule has 4 heteroatoms. The van der Waals surface area contributed by atoms with Crippen molar-refractivity contribution in [1.29, 1.82) is 0 Å². The van der Waals surface area contributed by atoms with Crippen LogP contribution in [-0.4, -0.2) is 18.1 Å². The van der Waals surface area contributed by atoms with Crippen molar-refractivity contribution >= 4 is 23.8 Å². The number of rotatable bonds is 2. The maximum absolute atomic E-state index is 11.9. The molecule has 0 radical (unpaired) electrons. The first-order chi connectivity index (χ1) is 8.06.